The van der Waals surface area contributed by atoms with Crippen LogP contribution in [0.1, 0.15) is 16.8 Å². The Balaban J connectivity index is 2.40. The van der Waals surface area contributed by atoms with Gasteiger partial charge in [0.15, 0.2) is 0 Å². The smallest absolute Gasteiger partial charge is 0.148 e. The Bertz CT molecular complexity index is 609. The van der Waals surface area contributed by atoms with Gasteiger partial charge in [0, 0.05) is 17.1 Å². The second kappa shape index (κ2) is 4.76. The molecular weight excluding hydrogens is 224 g/mol. The highest BCUT2D eigenvalue weighted by Gasteiger charge is 2.08. The number of hydrogen-bond donors (Lipinski definition) is 2. The number of aryl methyl sites for hydroxylation is 2. The van der Waals surface area contributed by atoms with Gasteiger partial charge in [0.1, 0.15) is 11.9 Å². The highest BCUT2D eigenvalue weighted by molar-refractivity contribution is 5.66. The van der Waals surface area contributed by atoms with Crippen molar-refractivity contribution in [3.05, 3.63) is 47.2 Å². The van der Waals surface area contributed by atoms with E-state index in [2.05, 4.69) is 16.4 Å². The molecule has 2 aromatic rings. The summed E-state index contributed by atoms with van der Waals surface area (Å²) in [5.74, 6) is 0.583. The third-order valence-electron chi connectivity index (χ3n) is 2.63. The Labute approximate surface area is 106 Å². The van der Waals surface area contributed by atoms with Crippen LogP contribution in [0.15, 0.2) is 30.3 Å². The topological polar surface area (TPSA) is 74.7 Å². The van der Waals surface area contributed by atoms with Crippen LogP contribution in [0.25, 0.3) is 0 Å². The zero-order valence-corrected chi connectivity index (χ0v) is 10.4. The molecule has 2 rings (SSSR count). The van der Waals surface area contributed by atoms with Gasteiger partial charge in [-0.3, -0.25) is 0 Å². The van der Waals surface area contributed by atoms with Crippen molar-refractivity contribution in [3.8, 4) is 6.07 Å². The van der Waals surface area contributed by atoms with Crippen molar-refractivity contribution in [1.82, 2.24) is 4.98 Å². The van der Waals surface area contributed by atoms with Gasteiger partial charge in [-0.1, -0.05) is 0 Å². The summed E-state index contributed by atoms with van der Waals surface area (Å²) in [6.45, 7) is 3.81. The van der Waals surface area contributed by atoms with Gasteiger partial charge in [-0.25, -0.2) is 4.98 Å². The fraction of sp³-hybridized carbons (Fsp3) is 0.143. The van der Waals surface area contributed by atoms with E-state index in [0.717, 1.165) is 16.9 Å². The van der Waals surface area contributed by atoms with E-state index in [1.807, 2.05) is 32.0 Å². The lowest BCUT2D eigenvalue weighted by Crippen LogP contribution is -2.00. The van der Waals surface area contributed by atoms with Crippen molar-refractivity contribution in [1.29, 1.82) is 5.26 Å². The molecule has 0 saturated heterocycles. The minimum absolute atomic E-state index is 0.567. The average molecular weight is 238 g/mol. The molecule has 1 aromatic heterocycles. The van der Waals surface area contributed by atoms with Crippen molar-refractivity contribution in [2.75, 3.05) is 11.1 Å². The molecule has 4 heteroatoms. The second-order valence-corrected chi connectivity index (χ2v) is 4.16. The van der Waals surface area contributed by atoms with Crippen LogP contribution < -0.4 is 11.1 Å². The third-order valence-corrected chi connectivity index (χ3v) is 2.63. The minimum atomic E-state index is 0.567. The summed E-state index contributed by atoms with van der Waals surface area (Å²) in [6, 6.07) is 11.4. The van der Waals surface area contributed by atoms with E-state index < -0.39 is 0 Å². The molecular formula is C14H14N4. The molecule has 18 heavy (non-hydrogen) atoms. The number of hydrogen-bond acceptors (Lipinski definition) is 4. The number of nitrogens with one attached hydrogen (secondary N) is 1. The molecule has 90 valence electrons. The standard InChI is InChI=1S/C14H14N4/c1-9-7-10(2)17-14(13(9)8-15)18-12-5-3-11(16)4-6-12/h3-7H,16H2,1-2H3,(H,17,18). The first-order chi connectivity index (χ1) is 8.60. The first kappa shape index (κ1) is 11.9. The minimum Gasteiger partial charge on any atom is -0.399 e. The quantitative estimate of drug-likeness (QED) is 0.789. The molecule has 0 spiro atoms. The van der Waals surface area contributed by atoms with Gasteiger partial charge in [-0.15, -0.1) is 0 Å². The van der Waals surface area contributed by atoms with Crippen LogP contribution in [0.4, 0.5) is 17.2 Å². The van der Waals surface area contributed by atoms with Crippen LogP contribution in [0.2, 0.25) is 0 Å². The van der Waals surface area contributed by atoms with E-state index in [9.17, 15) is 0 Å². The Morgan fingerprint density at radius 3 is 2.50 bits per heavy atom. The lowest BCUT2D eigenvalue weighted by Gasteiger charge is -2.10. The maximum atomic E-state index is 9.16. The van der Waals surface area contributed by atoms with Crippen molar-refractivity contribution in [2.45, 2.75) is 13.8 Å². The van der Waals surface area contributed by atoms with Gasteiger partial charge >= 0.3 is 0 Å². The van der Waals surface area contributed by atoms with Gasteiger partial charge in [-0.05, 0) is 49.7 Å². The maximum absolute atomic E-state index is 9.16. The number of nitrogens with zero attached hydrogens (tertiary/aromatic N) is 2. The van der Waals surface area contributed by atoms with E-state index in [0.29, 0.717) is 17.1 Å². The molecule has 0 atom stereocenters. The summed E-state index contributed by atoms with van der Waals surface area (Å²) in [5.41, 5.74) is 9.56. The predicted octanol–water partition coefficient (Wildman–Crippen LogP) is 2.90. The van der Waals surface area contributed by atoms with Gasteiger partial charge in [0.05, 0.1) is 5.56 Å². The van der Waals surface area contributed by atoms with Crippen molar-refractivity contribution >= 4 is 17.2 Å². The van der Waals surface area contributed by atoms with Crippen molar-refractivity contribution in [3.63, 3.8) is 0 Å². The van der Waals surface area contributed by atoms with Crippen molar-refractivity contribution < 1.29 is 0 Å². The molecule has 0 aliphatic rings. The Morgan fingerprint density at radius 1 is 1.22 bits per heavy atom. The Kier molecular flexibility index (Phi) is 3.16. The number of pyridine rings is 1. The molecule has 0 amide bonds. The van der Waals surface area contributed by atoms with Gasteiger partial charge in [0.2, 0.25) is 0 Å². The molecule has 0 aliphatic carbocycles. The van der Waals surface area contributed by atoms with Crippen LogP contribution in [-0.4, -0.2) is 4.98 Å². The highest BCUT2D eigenvalue weighted by Crippen LogP contribution is 2.22. The fourth-order valence-electron chi connectivity index (χ4n) is 1.77. The van der Waals surface area contributed by atoms with E-state index in [-0.39, 0.29) is 0 Å². The van der Waals surface area contributed by atoms with Crippen molar-refractivity contribution in [2.24, 2.45) is 0 Å². The second-order valence-electron chi connectivity index (χ2n) is 4.16. The molecule has 1 heterocycles. The molecule has 4 nitrogen and oxygen atoms in total. The number of anilines is 3. The van der Waals surface area contributed by atoms with E-state index in [1.54, 1.807) is 12.1 Å². The van der Waals surface area contributed by atoms with E-state index in [1.165, 1.54) is 0 Å². The number of rotatable bonds is 2. The van der Waals surface area contributed by atoms with Gasteiger partial charge < -0.3 is 11.1 Å². The summed E-state index contributed by atoms with van der Waals surface area (Å²) in [6.07, 6.45) is 0. The largest absolute Gasteiger partial charge is 0.399 e. The summed E-state index contributed by atoms with van der Waals surface area (Å²) < 4.78 is 0. The van der Waals surface area contributed by atoms with Gasteiger partial charge in [-0.2, -0.15) is 5.26 Å². The molecule has 3 N–H and O–H groups in total. The summed E-state index contributed by atoms with van der Waals surface area (Å²) in [5, 5.41) is 12.3. The lowest BCUT2D eigenvalue weighted by molar-refractivity contribution is 1.16. The van der Waals surface area contributed by atoms with Crippen LogP contribution >= 0.6 is 0 Å². The zero-order valence-electron chi connectivity index (χ0n) is 10.4. The molecule has 0 unspecified atom stereocenters. The normalized spacial score (nSPS) is 9.83. The Hall–Kier alpha value is -2.54. The Morgan fingerprint density at radius 2 is 1.89 bits per heavy atom. The van der Waals surface area contributed by atoms with Crippen LogP contribution in [0.5, 0.6) is 0 Å². The maximum Gasteiger partial charge on any atom is 0.148 e. The number of nitrogens with two attached hydrogens (primary N) is 1. The summed E-state index contributed by atoms with van der Waals surface area (Å²) >= 11 is 0. The van der Waals surface area contributed by atoms with Crippen LogP contribution in [0.3, 0.4) is 0 Å². The zero-order chi connectivity index (χ0) is 13.1. The molecule has 0 saturated carbocycles. The first-order valence-electron chi connectivity index (χ1n) is 5.61. The van der Waals surface area contributed by atoms with E-state index in [4.69, 9.17) is 11.0 Å². The van der Waals surface area contributed by atoms with Crippen LogP contribution in [-0.2, 0) is 0 Å². The molecule has 1 aromatic carbocycles. The van der Waals surface area contributed by atoms with Crippen LogP contribution in [0, 0.1) is 25.2 Å². The highest BCUT2D eigenvalue weighted by atomic mass is 15.0. The van der Waals surface area contributed by atoms with Gasteiger partial charge in [0.25, 0.3) is 0 Å². The molecule has 0 bridgehead atoms. The monoisotopic (exact) mass is 238 g/mol. The number of nitriles is 1. The molecule has 0 aliphatic heterocycles. The molecule has 0 radical (unpaired) electrons. The average Bonchev–Trinajstić information content (AvgIpc) is 2.32. The van der Waals surface area contributed by atoms with E-state index >= 15 is 0 Å². The fourth-order valence-corrected chi connectivity index (χ4v) is 1.77. The third kappa shape index (κ3) is 2.41. The summed E-state index contributed by atoms with van der Waals surface area (Å²) in [7, 11) is 0. The predicted molar refractivity (Wildman–Crippen MR) is 72.6 cm³/mol. The number of aromatic nitrogens is 1. The summed E-state index contributed by atoms with van der Waals surface area (Å²) in [4.78, 5) is 4.36. The number of benzene rings is 1. The molecule has 0 fully saturated rings. The number of nitrogen functional groups attached to an aromatic ring is 1. The SMILES string of the molecule is Cc1cc(C)c(C#N)c(Nc2ccc(N)cc2)n1. The first-order valence-corrected chi connectivity index (χ1v) is 5.61. The lowest BCUT2D eigenvalue weighted by atomic mass is 10.1.